The van der Waals surface area contributed by atoms with Gasteiger partial charge in [-0.25, -0.2) is 4.57 Å². The van der Waals surface area contributed by atoms with Gasteiger partial charge < -0.3 is 24.6 Å². The van der Waals surface area contributed by atoms with Crippen molar-refractivity contribution in [2.45, 2.75) is 180 Å². The molecule has 0 bridgehead atoms. The van der Waals surface area contributed by atoms with Crippen LogP contribution in [0, 0.1) is 0 Å². The van der Waals surface area contributed by atoms with Gasteiger partial charge in [-0.05, 0) is 70.6 Å². The van der Waals surface area contributed by atoms with E-state index in [1.54, 1.807) is 0 Å². The standard InChI is InChI=1S/C42H75O10P/c1-3-5-7-9-11-13-15-17-19-21-23-25-27-29-31-33-41(45)49-37-40(38-51-53(47,48)50-36-39(44)35-43)52-42(46)34-32-30-28-26-24-22-20-18-16-14-12-10-8-6-4-2/h5,7,11,13-14,16-17,19,39-40,43-44H,3-4,6,8-10,12,15,18,20-38H2,1-2H3,(H,47,48)/t39-,40+/m0/s1. The number of allylic oxidation sites excluding steroid dienone is 8. The molecule has 0 spiro atoms. The summed E-state index contributed by atoms with van der Waals surface area (Å²) in [5.41, 5.74) is 0. The molecule has 53 heavy (non-hydrogen) atoms. The zero-order chi connectivity index (χ0) is 39.1. The molecule has 10 nitrogen and oxygen atoms in total. The predicted molar refractivity (Wildman–Crippen MR) is 214 cm³/mol. The summed E-state index contributed by atoms with van der Waals surface area (Å²) in [4.78, 5) is 34.9. The number of aliphatic hydroxyl groups is 2. The highest BCUT2D eigenvalue weighted by molar-refractivity contribution is 7.47. The number of esters is 2. The number of hydrogen-bond acceptors (Lipinski definition) is 9. The van der Waals surface area contributed by atoms with Gasteiger partial charge in [-0.15, -0.1) is 0 Å². The van der Waals surface area contributed by atoms with E-state index < -0.39 is 51.8 Å². The zero-order valence-corrected chi connectivity index (χ0v) is 34.1. The summed E-state index contributed by atoms with van der Waals surface area (Å²) in [6, 6.07) is 0. The molecule has 0 aromatic heterocycles. The Kier molecular flexibility index (Phi) is 36.7. The number of ether oxygens (including phenoxy) is 2. The Morgan fingerprint density at radius 1 is 0.585 bits per heavy atom. The summed E-state index contributed by atoms with van der Waals surface area (Å²) in [7, 11) is -4.62. The minimum atomic E-state index is -4.62. The second kappa shape index (κ2) is 38.2. The van der Waals surface area contributed by atoms with E-state index in [4.69, 9.17) is 19.1 Å². The van der Waals surface area contributed by atoms with Crippen LogP contribution < -0.4 is 0 Å². The Morgan fingerprint density at radius 2 is 1.04 bits per heavy atom. The van der Waals surface area contributed by atoms with E-state index in [1.165, 1.54) is 51.4 Å². The van der Waals surface area contributed by atoms with Crippen LogP contribution in [0.4, 0.5) is 0 Å². The van der Waals surface area contributed by atoms with Gasteiger partial charge >= 0.3 is 19.8 Å². The van der Waals surface area contributed by atoms with Crippen LogP contribution >= 0.6 is 7.82 Å². The number of carbonyl (C=O) groups is 2. The highest BCUT2D eigenvalue weighted by atomic mass is 31.2. The highest BCUT2D eigenvalue weighted by Gasteiger charge is 2.27. The molecule has 0 saturated carbocycles. The lowest BCUT2D eigenvalue weighted by molar-refractivity contribution is -0.161. The first kappa shape index (κ1) is 50.9. The molecular formula is C42H75O10P. The van der Waals surface area contributed by atoms with Crippen molar-refractivity contribution in [1.82, 2.24) is 0 Å². The van der Waals surface area contributed by atoms with Crippen molar-refractivity contribution in [3.63, 3.8) is 0 Å². The zero-order valence-electron chi connectivity index (χ0n) is 33.2. The first-order valence-electron chi connectivity index (χ1n) is 20.6. The van der Waals surface area contributed by atoms with Gasteiger partial charge in [-0.1, -0.05) is 133 Å². The molecule has 0 saturated heterocycles. The maximum Gasteiger partial charge on any atom is 0.472 e. The maximum absolute atomic E-state index is 12.6. The van der Waals surface area contributed by atoms with E-state index in [0.717, 1.165) is 77.0 Å². The van der Waals surface area contributed by atoms with Crippen LogP contribution in [-0.2, 0) is 32.7 Å². The second-order valence-corrected chi connectivity index (χ2v) is 15.1. The SMILES string of the molecule is CCC=CCC=CCC=CCCCCCCCC(=O)OC[C@H](COP(=O)(O)OC[C@@H](O)CO)OC(=O)CCCCCCCCCC=CCCCCCC. The quantitative estimate of drug-likeness (QED) is 0.0240. The average Bonchev–Trinajstić information content (AvgIpc) is 3.14. The number of unbranched alkanes of at least 4 members (excludes halogenated alkanes) is 16. The second-order valence-electron chi connectivity index (χ2n) is 13.6. The molecule has 0 aromatic rings. The summed E-state index contributed by atoms with van der Waals surface area (Å²) in [6.45, 7) is 2.22. The molecule has 0 aliphatic heterocycles. The lowest BCUT2D eigenvalue weighted by Crippen LogP contribution is -2.29. The number of rotatable bonds is 38. The highest BCUT2D eigenvalue weighted by Crippen LogP contribution is 2.43. The van der Waals surface area contributed by atoms with Crippen molar-refractivity contribution in [3.05, 3.63) is 48.6 Å². The molecule has 0 aliphatic carbocycles. The fraction of sp³-hybridized carbons (Fsp3) is 0.762. The largest absolute Gasteiger partial charge is 0.472 e. The van der Waals surface area contributed by atoms with Crippen molar-refractivity contribution in [2.75, 3.05) is 26.4 Å². The van der Waals surface area contributed by atoms with E-state index in [-0.39, 0.29) is 19.4 Å². The molecule has 0 aromatic carbocycles. The summed E-state index contributed by atoms with van der Waals surface area (Å²) in [5, 5.41) is 18.3. The minimum absolute atomic E-state index is 0.174. The van der Waals surface area contributed by atoms with Gasteiger partial charge in [0.2, 0.25) is 0 Å². The number of phosphoric ester groups is 1. The van der Waals surface area contributed by atoms with Crippen LogP contribution in [0.15, 0.2) is 48.6 Å². The Bertz CT molecular complexity index is 1030. The lowest BCUT2D eigenvalue weighted by atomic mass is 10.1. The molecule has 3 atom stereocenters. The third-order valence-corrected chi connectivity index (χ3v) is 9.42. The van der Waals surface area contributed by atoms with Gasteiger partial charge in [0.1, 0.15) is 12.7 Å². The van der Waals surface area contributed by atoms with Gasteiger partial charge in [0.25, 0.3) is 0 Å². The van der Waals surface area contributed by atoms with Gasteiger partial charge in [0.15, 0.2) is 6.10 Å². The van der Waals surface area contributed by atoms with Gasteiger partial charge in [-0.2, -0.15) is 0 Å². The Labute approximate surface area is 322 Å². The van der Waals surface area contributed by atoms with Crippen LogP contribution in [0.1, 0.15) is 168 Å². The molecule has 0 rings (SSSR count). The van der Waals surface area contributed by atoms with Crippen molar-refractivity contribution >= 4 is 19.8 Å². The maximum atomic E-state index is 12.6. The summed E-state index contributed by atoms with van der Waals surface area (Å²) in [5.74, 6) is -0.952. The Balaban J connectivity index is 4.36. The average molecular weight is 771 g/mol. The number of phosphoric acid groups is 1. The molecule has 11 heteroatoms. The van der Waals surface area contributed by atoms with E-state index in [2.05, 4.69) is 67.0 Å². The topological polar surface area (TPSA) is 149 Å². The van der Waals surface area contributed by atoms with E-state index in [9.17, 15) is 24.2 Å². The summed E-state index contributed by atoms with van der Waals surface area (Å²) >= 11 is 0. The van der Waals surface area contributed by atoms with Gasteiger partial charge in [0, 0.05) is 12.8 Å². The molecule has 308 valence electrons. The summed E-state index contributed by atoms with van der Waals surface area (Å²) < 4.78 is 32.6. The van der Waals surface area contributed by atoms with Crippen molar-refractivity contribution in [1.29, 1.82) is 0 Å². The third kappa shape index (κ3) is 38.0. The van der Waals surface area contributed by atoms with Crippen LogP contribution in [-0.4, -0.2) is 65.7 Å². The monoisotopic (exact) mass is 771 g/mol. The number of hydrogen-bond donors (Lipinski definition) is 3. The van der Waals surface area contributed by atoms with E-state index in [0.29, 0.717) is 12.8 Å². The predicted octanol–water partition coefficient (Wildman–Crippen LogP) is 10.6. The van der Waals surface area contributed by atoms with Gasteiger partial charge in [0.05, 0.1) is 19.8 Å². The number of carbonyl (C=O) groups excluding carboxylic acids is 2. The Hall–Kier alpha value is -2.07. The first-order valence-corrected chi connectivity index (χ1v) is 22.1. The fourth-order valence-corrected chi connectivity index (χ4v) is 6.08. The summed E-state index contributed by atoms with van der Waals surface area (Å²) in [6.07, 6.45) is 39.3. The molecule has 3 N–H and O–H groups in total. The van der Waals surface area contributed by atoms with Crippen LogP contribution in [0.3, 0.4) is 0 Å². The smallest absolute Gasteiger partial charge is 0.462 e. The molecule has 0 fully saturated rings. The Morgan fingerprint density at radius 3 is 1.58 bits per heavy atom. The molecule has 0 heterocycles. The van der Waals surface area contributed by atoms with Crippen molar-refractivity contribution in [3.8, 4) is 0 Å². The van der Waals surface area contributed by atoms with Gasteiger partial charge in [-0.3, -0.25) is 18.6 Å². The van der Waals surface area contributed by atoms with E-state index >= 15 is 0 Å². The fourth-order valence-electron chi connectivity index (χ4n) is 5.30. The lowest BCUT2D eigenvalue weighted by Gasteiger charge is -2.20. The normalized spacial score (nSPS) is 14.4. The molecule has 0 amide bonds. The molecule has 0 radical (unpaired) electrons. The molecule has 0 aliphatic rings. The van der Waals surface area contributed by atoms with Crippen LogP contribution in [0.5, 0.6) is 0 Å². The van der Waals surface area contributed by atoms with Crippen LogP contribution in [0.2, 0.25) is 0 Å². The molecule has 1 unspecified atom stereocenters. The first-order chi connectivity index (χ1) is 25.7. The minimum Gasteiger partial charge on any atom is -0.462 e. The van der Waals surface area contributed by atoms with E-state index in [1.807, 2.05) is 0 Å². The van der Waals surface area contributed by atoms with Crippen molar-refractivity contribution < 1.29 is 47.8 Å². The van der Waals surface area contributed by atoms with Crippen LogP contribution in [0.25, 0.3) is 0 Å². The third-order valence-electron chi connectivity index (χ3n) is 8.47. The molecular weight excluding hydrogens is 695 g/mol. The van der Waals surface area contributed by atoms with Crippen molar-refractivity contribution in [2.24, 2.45) is 0 Å². The number of aliphatic hydroxyl groups excluding tert-OH is 2.